The maximum Gasteiger partial charge on any atom is 0.270 e. The van der Waals surface area contributed by atoms with Gasteiger partial charge in [-0.3, -0.25) is 14.8 Å². The fourth-order valence-corrected chi connectivity index (χ4v) is 1.78. The maximum absolute atomic E-state index is 10.9. The zero-order valence-corrected chi connectivity index (χ0v) is 11.0. The Bertz CT molecular complexity index is 636. The van der Waals surface area contributed by atoms with Crippen molar-refractivity contribution in [3.05, 3.63) is 40.7 Å². The highest BCUT2D eigenvalue weighted by Gasteiger charge is 2.10. The molecule has 20 heavy (non-hydrogen) atoms. The summed E-state index contributed by atoms with van der Waals surface area (Å²) in [6.45, 7) is 2.15. The van der Waals surface area contributed by atoms with Crippen LogP contribution in [0, 0.1) is 10.1 Å². The lowest BCUT2D eigenvalue weighted by Gasteiger charge is -1.98. The summed E-state index contributed by atoms with van der Waals surface area (Å²) < 4.78 is 1.64. The zero-order chi connectivity index (χ0) is 14.5. The van der Waals surface area contributed by atoms with Crippen molar-refractivity contribution in [3.63, 3.8) is 0 Å². The van der Waals surface area contributed by atoms with E-state index in [1.807, 2.05) is 0 Å². The minimum atomic E-state index is -0.451. The van der Waals surface area contributed by atoms with Gasteiger partial charge in [-0.2, -0.15) is 5.10 Å². The Labute approximate surface area is 115 Å². The summed E-state index contributed by atoms with van der Waals surface area (Å²) in [5.41, 5.74) is 0.611. The molecule has 0 saturated heterocycles. The molecule has 2 rings (SSSR count). The van der Waals surface area contributed by atoms with Gasteiger partial charge in [0.05, 0.1) is 4.92 Å². The number of nitro groups is 1. The number of aryl methyl sites for hydroxylation is 1. The second kappa shape index (κ2) is 6.05. The summed E-state index contributed by atoms with van der Waals surface area (Å²) >= 11 is 0. The van der Waals surface area contributed by atoms with Gasteiger partial charge in [0.25, 0.3) is 5.69 Å². The van der Waals surface area contributed by atoms with Crippen LogP contribution < -0.4 is 0 Å². The van der Waals surface area contributed by atoms with Crippen LogP contribution in [0.3, 0.4) is 0 Å². The van der Waals surface area contributed by atoms with Crippen molar-refractivity contribution in [2.24, 2.45) is 0 Å². The molecule has 1 heterocycles. The Balaban J connectivity index is 2.10. The van der Waals surface area contributed by atoms with E-state index in [0.717, 1.165) is 0 Å². The maximum atomic E-state index is 10.9. The molecule has 7 heteroatoms. The van der Waals surface area contributed by atoms with Gasteiger partial charge in [0.2, 0.25) is 0 Å². The second-order valence-electron chi connectivity index (χ2n) is 4.44. The summed E-state index contributed by atoms with van der Waals surface area (Å²) in [5.74, 6) is 0.584. The number of carbonyl (C=O) groups excluding carboxylic acids is 1. The van der Waals surface area contributed by atoms with E-state index in [2.05, 4.69) is 10.1 Å². The quantitative estimate of drug-likeness (QED) is 0.595. The van der Waals surface area contributed by atoms with Crippen molar-refractivity contribution in [2.75, 3.05) is 0 Å². The van der Waals surface area contributed by atoms with Gasteiger partial charge in [0, 0.05) is 30.7 Å². The number of non-ortho nitro benzene ring substituents is 1. The van der Waals surface area contributed by atoms with Crippen molar-refractivity contribution >= 4 is 11.5 Å². The third kappa shape index (κ3) is 3.47. The minimum absolute atomic E-state index is 0.00966. The summed E-state index contributed by atoms with van der Waals surface area (Å²) in [6, 6.07) is 6.19. The molecule has 0 radical (unpaired) electrons. The van der Waals surface area contributed by atoms with Gasteiger partial charge in [-0.15, -0.1) is 0 Å². The molecule has 0 aliphatic carbocycles. The molecular weight excluding hydrogens is 260 g/mol. The Morgan fingerprint density at radius 3 is 2.95 bits per heavy atom. The van der Waals surface area contributed by atoms with Crippen molar-refractivity contribution < 1.29 is 9.72 Å². The zero-order valence-electron chi connectivity index (χ0n) is 11.0. The lowest BCUT2D eigenvalue weighted by atomic mass is 10.2. The Morgan fingerprint density at radius 2 is 2.25 bits per heavy atom. The van der Waals surface area contributed by atoms with E-state index in [4.69, 9.17) is 0 Å². The van der Waals surface area contributed by atoms with Gasteiger partial charge in [-0.05, 0) is 13.3 Å². The molecule has 7 nitrogen and oxygen atoms in total. The normalized spacial score (nSPS) is 10.4. The summed E-state index contributed by atoms with van der Waals surface area (Å²) in [4.78, 5) is 25.3. The highest BCUT2D eigenvalue weighted by atomic mass is 16.6. The van der Waals surface area contributed by atoms with Crippen LogP contribution in [-0.2, 0) is 11.3 Å². The molecule has 0 amide bonds. The third-order valence-corrected chi connectivity index (χ3v) is 2.77. The van der Waals surface area contributed by atoms with Crippen molar-refractivity contribution in [2.45, 2.75) is 26.3 Å². The lowest BCUT2D eigenvalue weighted by Crippen LogP contribution is -2.01. The number of hydrogen-bond acceptors (Lipinski definition) is 5. The molecule has 0 fully saturated rings. The van der Waals surface area contributed by atoms with Crippen LogP contribution >= 0.6 is 0 Å². The predicted octanol–water partition coefficient (Wildman–Crippen LogP) is 2.22. The number of Topliss-reactive ketones (excluding diaryl/α,β-unsaturated/α-hetero) is 1. The van der Waals surface area contributed by atoms with Crippen LogP contribution in [0.1, 0.15) is 19.8 Å². The fraction of sp³-hybridized carbons (Fsp3) is 0.308. The van der Waals surface area contributed by atoms with Gasteiger partial charge in [-0.1, -0.05) is 12.1 Å². The number of hydrogen-bond donors (Lipinski definition) is 0. The summed E-state index contributed by atoms with van der Waals surface area (Å²) in [7, 11) is 0. The van der Waals surface area contributed by atoms with E-state index in [1.165, 1.54) is 12.1 Å². The average Bonchev–Trinajstić information content (AvgIpc) is 2.87. The number of aromatic nitrogens is 3. The number of rotatable bonds is 6. The first-order chi connectivity index (χ1) is 9.56. The van der Waals surface area contributed by atoms with Crippen molar-refractivity contribution in [1.82, 2.24) is 14.8 Å². The Kier molecular flexibility index (Phi) is 4.19. The van der Waals surface area contributed by atoms with Crippen LogP contribution in [0.25, 0.3) is 11.4 Å². The molecule has 0 aliphatic rings. The highest BCUT2D eigenvalue weighted by Crippen LogP contribution is 2.20. The Morgan fingerprint density at radius 1 is 1.45 bits per heavy atom. The van der Waals surface area contributed by atoms with E-state index in [-0.39, 0.29) is 11.5 Å². The number of benzene rings is 1. The van der Waals surface area contributed by atoms with Crippen LogP contribution in [0.5, 0.6) is 0 Å². The number of carbonyl (C=O) groups is 1. The van der Waals surface area contributed by atoms with Gasteiger partial charge >= 0.3 is 0 Å². The van der Waals surface area contributed by atoms with E-state index in [9.17, 15) is 14.9 Å². The molecule has 0 aliphatic heterocycles. The number of nitro benzene ring substituents is 1. The van der Waals surface area contributed by atoms with E-state index < -0.39 is 4.92 Å². The molecular formula is C13H14N4O3. The molecule has 0 saturated carbocycles. The number of ketones is 1. The largest absolute Gasteiger partial charge is 0.300 e. The smallest absolute Gasteiger partial charge is 0.270 e. The topological polar surface area (TPSA) is 90.9 Å². The highest BCUT2D eigenvalue weighted by molar-refractivity contribution is 5.75. The Hall–Kier alpha value is -2.57. The van der Waals surface area contributed by atoms with Gasteiger partial charge in [-0.25, -0.2) is 4.98 Å². The lowest BCUT2D eigenvalue weighted by molar-refractivity contribution is -0.384. The van der Waals surface area contributed by atoms with Crippen LogP contribution in [0.4, 0.5) is 5.69 Å². The monoisotopic (exact) mass is 274 g/mol. The van der Waals surface area contributed by atoms with E-state index in [1.54, 1.807) is 30.1 Å². The molecule has 104 valence electrons. The average molecular weight is 274 g/mol. The standard InChI is InChI=1S/C13H14N4O3/c1-10(18)4-3-7-16-9-14-13(15-16)11-5-2-6-12(8-11)17(19)20/h2,5-6,8-9H,3-4,7H2,1H3. The van der Waals surface area contributed by atoms with Crippen LogP contribution in [0.2, 0.25) is 0 Å². The van der Waals surface area contributed by atoms with E-state index >= 15 is 0 Å². The molecule has 1 aromatic heterocycles. The summed E-state index contributed by atoms with van der Waals surface area (Å²) in [5, 5.41) is 15.0. The first kappa shape index (κ1) is 13.9. The molecule has 0 unspecified atom stereocenters. The van der Waals surface area contributed by atoms with Gasteiger partial charge in [0.15, 0.2) is 5.82 Å². The molecule has 0 N–H and O–H groups in total. The summed E-state index contributed by atoms with van der Waals surface area (Å²) in [6.07, 6.45) is 2.77. The molecule has 2 aromatic rings. The van der Waals surface area contributed by atoms with Gasteiger partial charge < -0.3 is 4.79 Å². The first-order valence-electron chi connectivity index (χ1n) is 6.20. The second-order valence-corrected chi connectivity index (χ2v) is 4.44. The van der Waals surface area contributed by atoms with Crippen LogP contribution in [-0.4, -0.2) is 25.5 Å². The predicted molar refractivity (Wildman–Crippen MR) is 72.0 cm³/mol. The SMILES string of the molecule is CC(=O)CCCn1cnc(-c2cccc([N+](=O)[O-])c2)n1. The number of nitrogens with zero attached hydrogens (tertiary/aromatic N) is 4. The minimum Gasteiger partial charge on any atom is -0.300 e. The van der Waals surface area contributed by atoms with Gasteiger partial charge in [0.1, 0.15) is 12.1 Å². The molecule has 0 spiro atoms. The fourth-order valence-electron chi connectivity index (χ4n) is 1.78. The molecule has 0 atom stereocenters. The van der Waals surface area contributed by atoms with Crippen molar-refractivity contribution in [3.8, 4) is 11.4 Å². The third-order valence-electron chi connectivity index (χ3n) is 2.77. The van der Waals surface area contributed by atoms with Crippen molar-refractivity contribution in [1.29, 1.82) is 0 Å². The van der Waals surface area contributed by atoms with E-state index in [0.29, 0.717) is 30.8 Å². The van der Waals surface area contributed by atoms with Crippen LogP contribution in [0.15, 0.2) is 30.6 Å². The molecule has 0 bridgehead atoms. The molecule has 1 aromatic carbocycles. The first-order valence-corrected chi connectivity index (χ1v) is 6.20.